The van der Waals surface area contributed by atoms with Crippen LogP contribution in [0.2, 0.25) is 0 Å². The van der Waals surface area contributed by atoms with Crippen molar-refractivity contribution < 1.29 is 31.5 Å². The average molecular weight is 336 g/mol. The molecule has 0 radical (unpaired) electrons. The second-order valence-corrected chi connectivity index (χ2v) is 4.34. The SMILES string of the molecule is Cn1cnc(C(=O)Nc2ccc(OC(F)(F)C(F)(F)F)cc2)n1. The van der Waals surface area contributed by atoms with Crippen LogP contribution in [0.1, 0.15) is 10.6 Å². The van der Waals surface area contributed by atoms with Crippen LogP contribution in [0.25, 0.3) is 0 Å². The number of aryl methyl sites for hydroxylation is 1. The molecule has 6 nitrogen and oxygen atoms in total. The predicted molar refractivity (Wildman–Crippen MR) is 67.0 cm³/mol. The topological polar surface area (TPSA) is 69.0 Å². The lowest BCUT2D eigenvalue weighted by atomic mass is 10.3. The zero-order chi connectivity index (χ0) is 17.3. The Hall–Kier alpha value is -2.72. The van der Waals surface area contributed by atoms with Gasteiger partial charge in [0.2, 0.25) is 5.82 Å². The Balaban J connectivity index is 2.04. The normalized spacial score (nSPS) is 12.1. The highest BCUT2D eigenvalue weighted by atomic mass is 19.4. The summed E-state index contributed by atoms with van der Waals surface area (Å²) in [5.41, 5.74) is 0.144. The molecule has 124 valence electrons. The number of hydrogen-bond donors (Lipinski definition) is 1. The molecule has 0 saturated carbocycles. The lowest BCUT2D eigenvalue weighted by Crippen LogP contribution is -2.41. The highest BCUT2D eigenvalue weighted by molar-refractivity contribution is 6.01. The van der Waals surface area contributed by atoms with Crippen LogP contribution >= 0.6 is 0 Å². The first kappa shape index (κ1) is 16.6. The van der Waals surface area contributed by atoms with E-state index in [0.29, 0.717) is 0 Å². The molecule has 0 atom stereocenters. The number of ether oxygens (including phenoxy) is 1. The number of nitrogens with zero attached hydrogens (tertiary/aromatic N) is 3. The third kappa shape index (κ3) is 3.93. The van der Waals surface area contributed by atoms with E-state index in [9.17, 15) is 26.7 Å². The van der Waals surface area contributed by atoms with Gasteiger partial charge < -0.3 is 10.1 Å². The molecule has 23 heavy (non-hydrogen) atoms. The van der Waals surface area contributed by atoms with Gasteiger partial charge in [-0.15, -0.1) is 5.10 Å². The molecule has 0 bridgehead atoms. The molecular weight excluding hydrogens is 327 g/mol. The summed E-state index contributed by atoms with van der Waals surface area (Å²) in [6.07, 6.45) is -9.84. The van der Waals surface area contributed by atoms with Crippen molar-refractivity contribution in [2.24, 2.45) is 7.05 Å². The Kier molecular flexibility index (Phi) is 4.21. The van der Waals surface area contributed by atoms with Crippen molar-refractivity contribution in [3.63, 3.8) is 0 Å². The van der Waals surface area contributed by atoms with Gasteiger partial charge in [-0.1, -0.05) is 0 Å². The van der Waals surface area contributed by atoms with Crippen LogP contribution in [0.4, 0.5) is 27.6 Å². The monoisotopic (exact) mass is 336 g/mol. The van der Waals surface area contributed by atoms with Gasteiger partial charge >= 0.3 is 12.3 Å². The molecule has 1 aromatic carbocycles. The molecule has 1 heterocycles. The zero-order valence-electron chi connectivity index (χ0n) is 11.4. The minimum Gasteiger partial charge on any atom is -0.426 e. The number of aromatic nitrogens is 3. The number of amides is 1. The number of nitrogens with one attached hydrogen (secondary N) is 1. The molecule has 1 N–H and O–H groups in total. The van der Waals surface area contributed by atoms with E-state index in [4.69, 9.17) is 0 Å². The molecule has 1 aromatic heterocycles. The van der Waals surface area contributed by atoms with Gasteiger partial charge in [0.1, 0.15) is 12.1 Å². The van der Waals surface area contributed by atoms with Gasteiger partial charge in [-0.25, -0.2) is 4.98 Å². The molecule has 0 aliphatic carbocycles. The molecule has 0 unspecified atom stereocenters. The summed E-state index contributed by atoms with van der Waals surface area (Å²) < 4.78 is 66.4. The van der Waals surface area contributed by atoms with Crippen molar-refractivity contribution in [1.29, 1.82) is 0 Å². The van der Waals surface area contributed by atoms with Crippen LogP contribution in [0.5, 0.6) is 5.75 Å². The molecule has 0 aliphatic rings. The van der Waals surface area contributed by atoms with Gasteiger partial charge in [0.05, 0.1) is 0 Å². The Morgan fingerprint density at radius 1 is 1.17 bits per heavy atom. The molecule has 0 saturated heterocycles. The average Bonchev–Trinajstić information content (AvgIpc) is 2.86. The van der Waals surface area contributed by atoms with Crippen molar-refractivity contribution in [1.82, 2.24) is 14.8 Å². The summed E-state index contributed by atoms with van der Waals surface area (Å²) >= 11 is 0. The number of carbonyl (C=O) groups excluding carboxylic acids is 1. The van der Waals surface area contributed by atoms with Crippen LogP contribution in [-0.2, 0) is 7.05 Å². The quantitative estimate of drug-likeness (QED) is 0.872. The molecule has 11 heteroatoms. The van der Waals surface area contributed by atoms with Crippen molar-refractivity contribution >= 4 is 11.6 Å². The Morgan fingerprint density at radius 3 is 2.26 bits per heavy atom. The fourth-order valence-electron chi connectivity index (χ4n) is 1.44. The summed E-state index contributed by atoms with van der Waals surface area (Å²) in [5.74, 6) is -1.50. The smallest absolute Gasteiger partial charge is 0.426 e. The van der Waals surface area contributed by atoms with Gasteiger partial charge in [-0.2, -0.15) is 22.0 Å². The number of carbonyl (C=O) groups is 1. The summed E-state index contributed by atoms with van der Waals surface area (Å²) in [6, 6.07) is 3.92. The maximum Gasteiger partial charge on any atom is 0.499 e. The van der Waals surface area contributed by atoms with Crippen LogP contribution in [0, 0.1) is 0 Å². The summed E-state index contributed by atoms with van der Waals surface area (Å²) in [7, 11) is 1.55. The van der Waals surface area contributed by atoms with E-state index in [0.717, 1.165) is 24.3 Å². The molecule has 2 rings (SSSR count). The van der Waals surface area contributed by atoms with Crippen LogP contribution < -0.4 is 10.1 Å². The van der Waals surface area contributed by atoms with Crippen molar-refractivity contribution in [2.45, 2.75) is 12.3 Å². The second kappa shape index (κ2) is 5.82. The first-order chi connectivity index (χ1) is 10.6. The minimum absolute atomic E-state index is 0.128. The van der Waals surface area contributed by atoms with Gasteiger partial charge in [0.25, 0.3) is 5.91 Å². The van der Waals surface area contributed by atoms with E-state index in [-0.39, 0.29) is 11.5 Å². The van der Waals surface area contributed by atoms with Crippen LogP contribution in [-0.4, -0.2) is 33.0 Å². The first-order valence-electron chi connectivity index (χ1n) is 5.99. The zero-order valence-corrected chi connectivity index (χ0v) is 11.4. The standard InChI is InChI=1S/C12H9F5N4O2/c1-21-6-18-9(20-21)10(22)19-7-2-4-8(5-3-7)23-12(16,17)11(13,14)15/h2-6H,1H3,(H,19,22). The Bertz CT molecular complexity index is 696. The number of rotatable bonds is 4. The maximum atomic E-state index is 12.7. The third-order valence-corrected chi connectivity index (χ3v) is 2.49. The number of anilines is 1. The molecule has 0 spiro atoms. The number of hydrogen-bond acceptors (Lipinski definition) is 4. The summed E-state index contributed by atoms with van der Waals surface area (Å²) in [4.78, 5) is 15.4. The predicted octanol–water partition coefficient (Wildman–Crippen LogP) is 2.60. The fourth-order valence-corrected chi connectivity index (χ4v) is 1.44. The summed E-state index contributed by atoms with van der Waals surface area (Å²) in [5, 5.41) is 6.09. The van der Waals surface area contributed by atoms with Crippen molar-refractivity contribution in [3.8, 4) is 5.75 Å². The van der Waals surface area contributed by atoms with E-state index in [1.54, 1.807) is 7.05 Å². The molecule has 2 aromatic rings. The van der Waals surface area contributed by atoms with E-state index >= 15 is 0 Å². The summed E-state index contributed by atoms with van der Waals surface area (Å²) in [6.45, 7) is 0. The third-order valence-electron chi connectivity index (χ3n) is 2.49. The van der Waals surface area contributed by atoms with Gasteiger partial charge in [0, 0.05) is 12.7 Å². The van der Waals surface area contributed by atoms with E-state index in [1.807, 2.05) is 0 Å². The van der Waals surface area contributed by atoms with Crippen molar-refractivity contribution in [2.75, 3.05) is 5.32 Å². The van der Waals surface area contributed by atoms with E-state index in [2.05, 4.69) is 20.1 Å². The van der Waals surface area contributed by atoms with Crippen LogP contribution in [0.15, 0.2) is 30.6 Å². The minimum atomic E-state index is -5.83. The lowest BCUT2D eigenvalue weighted by Gasteiger charge is -2.20. The highest BCUT2D eigenvalue weighted by Gasteiger charge is 2.61. The molecule has 0 aliphatic heterocycles. The number of alkyl halides is 5. The molecule has 1 amide bonds. The fraction of sp³-hybridized carbons (Fsp3) is 0.250. The first-order valence-corrected chi connectivity index (χ1v) is 5.99. The molecule has 0 fully saturated rings. The van der Waals surface area contributed by atoms with Gasteiger partial charge in [-0.05, 0) is 24.3 Å². The highest BCUT2D eigenvalue weighted by Crippen LogP contribution is 2.37. The van der Waals surface area contributed by atoms with E-state index in [1.165, 1.54) is 11.0 Å². The van der Waals surface area contributed by atoms with Gasteiger partial charge in [0.15, 0.2) is 0 Å². The maximum absolute atomic E-state index is 12.7. The van der Waals surface area contributed by atoms with Crippen LogP contribution in [0.3, 0.4) is 0 Å². The number of benzene rings is 1. The van der Waals surface area contributed by atoms with Crippen molar-refractivity contribution in [3.05, 3.63) is 36.4 Å². The Morgan fingerprint density at radius 2 is 1.78 bits per heavy atom. The lowest BCUT2D eigenvalue weighted by molar-refractivity contribution is -0.360. The van der Waals surface area contributed by atoms with E-state index < -0.39 is 23.9 Å². The second-order valence-electron chi connectivity index (χ2n) is 4.34. The Labute approximate surface area is 125 Å². The number of halogens is 5. The molecular formula is C12H9F5N4O2. The van der Waals surface area contributed by atoms with Gasteiger partial charge in [-0.3, -0.25) is 9.48 Å². The largest absolute Gasteiger partial charge is 0.499 e.